The first-order valence-electron chi connectivity index (χ1n) is 6.90. The van der Waals surface area contributed by atoms with Gasteiger partial charge in [0.1, 0.15) is 0 Å². The molecule has 0 aliphatic heterocycles. The van der Waals surface area contributed by atoms with Gasteiger partial charge in [-0.2, -0.15) is 5.26 Å². The van der Waals surface area contributed by atoms with Crippen LogP contribution in [0.25, 0.3) is 0 Å². The number of benzene rings is 2. The summed E-state index contributed by atoms with van der Waals surface area (Å²) in [6, 6.07) is 14.4. The van der Waals surface area contributed by atoms with Gasteiger partial charge in [-0.3, -0.25) is 9.69 Å². The lowest BCUT2D eigenvalue weighted by molar-refractivity contribution is -0.117. The van der Waals surface area contributed by atoms with E-state index >= 15 is 0 Å². The van der Waals surface area contributed by atoms with Crippen molar-refractivity contribution >= 4 is 34.8 Å². The molecular weight excluding hydrogens is 333 g/mol. The Morgan fingerprint density at radius 2 is 2.00 bits per heavy atom. The SMILES string of the molecule is CN(CC(=O)Nc1ccc(Cl)c(Cl)c1)Cc1cccc(C#N)c1. The normalized spacial score (nSPS) is 10.4. The van der Waals surface area contributed by atoms with Crippen molar-refractivity contribution in [2.45, 2.75) is 6.54 Å². The number of nitrogens with zero attached hydrogens (tertiary/aromatic N) is 2. The van der Waals surface area contributed by atoms with Crippen LogP contribution >= 0.6 is 23.2 Å². The topological polar surface area (TPSA) is 56.1 Å². The van der Waals surface area contributed by atoms with Gasteiger partial charge >= 0.3 is 0 Å². The predicted molar refractivity (Wildman–Crippen MR) is 92.6 cm³/mol. The van der Waals surface area contributed by atoms with E-state index in [0.29, 0.717) is 27.8 Å². The maximum Gasteiger partial charge on any atom is 0.238 e. The molecule has 0 spiro atoms. The molecule has 6 heteroatoms. The van der Waals surface area contributed by atoms with E-state index in [0.717, 1.165) is 5.56 Å². The molecule has 0 radical (unpaired) electrons. The van der Waals surface area contributed by atoms with Gasteiger partial charge in [0, 0.05) is 12.2 Å². The van der Waals surface area contributed by atoms with Crippen molar-refractivity contribution in [2.24, 2.45) is 0 Å². The van der Waals surface area contributed by atoms with E-state index in [1.54, 1.807) is 24.3 Å². The van der Waals surface area contributed by atoms with Crippen LogP contribution in [0.2, 0.25) is 10.0 Å². The Labute approximate surface area is 145 Å². The molecule has 0 fully saturated rings. The van der Waals surface area contributed by atoms with Crippen molar-refractivity contribution < 1.29 is 4.79 Å². The zero-order chi connectivity index (χ0) is 16.8. The third kappa shape index (κ3) is 5.26. The van der Waals surface area contributed by atoms with Gasteiger partial charge in [0.05, 0.1) is 28.2 Å². The molecule has 2 rings (SSSR count). The van der Waals surface area contributed by atoms with Crippen molar-refractivity contribution in [3.63, 3.8) is 0 Å². The molecule has 0 saturated heterocycles. The minimum atomic E-state index is -0.151. The van der Waals surface area contributed by atoms with E-state index in [2.05, 4.69) is 11.4 Å². The first kappa shape index (κ1) is 17.3. The van der Waals surface area contributed by atoms with Gasteiger partial charge in [-0.1, -0.05) is 35.3 Å². The summed E-state index contributed by atoms with van der Waals surface area (Å²) in [6.07, 6.45) is 0. The second-order valence-electron chi connectivity index (χ2n) is 5.16. The first-order chi connectivity index (χ1) is 11.0. The minimum Gasteiger partial charge on any atom is -0.325 e. The summed E-state index contributed by atoms with van der Waals surface area (Å²) < 4.78 is 0. The summed E-state index contributed by atoms with van der Waals surface area (Å²) in [5.74, 6) is -0.151. The second-order valence-corrected chi connectivity index (χ2v) is 5.98. The number of halogens is 2. The van der Waals surface area contributed by atoms with Crippen LogP contribution in [0.4, 0.5) is 5.69 Å². The highest BCUT2D eigenvalue weighted by Gasteiger charge is 2.09. The Kier molecular flexibility index (Phi) is 6.00. The van der Waals surface area contributed by atoms with E-state index in [4.69, 9.17) is 28.5 Å². The lowest BCUT2D eigenvalue weighted by atomic mass is 10.1. The highest BCUT2D eigenvalue weighted by molar-refractivity contribution is 6.42. The van der Waals surface area contributed by atoms with Crippen molar-refractivity contribution in [3.8, 4) is 6.07 Å². The van der Waals surface area contributed by atoms with Crippen molar-refractivity contribution in [1.82, 2.24) is 4.90 Å². The Morgan fingerprint density at radius 3 is 2.70 bits per heavy atom. The monoisotopic (exact) mass is 347 g/mol. The van der Waals surface area contributed by atoms with Crippen LogP contribution in [0.15, 0.2) is 42.5 Å². The largest absolute Gasteiger partial charge is 0.325 e. The number of amides is 1. The molecular formula is C17H15Cl2N3O. The van der Waals surface area contributed by atoms with Crippen LogP contribution in [-0.4, -0.2) is 24.4 Å². The third-order valence-corrected chi connectivity index (χ3v) is 3.86. The molecule has 0 aliphatic carbocycles. The highest BCUT2D eigenvalue weighted by atomic mass is 35.5. The Bertz CT molecular complexity index is 756. The van der Waals surface area contributed by atoms with Gasteiger partial charge < -0.3 is 5.32 Å². The molecule has 4 nitrogen and oxygen atoms in total. The fourth-order valence-electron chi connectivity index (χ4n) is 2.13. The van der Waals surface area contributed by atoms with Crippen LogP contribution in [0.3, 0.4) is 0 Å². The molecule has 0 bridgehead atoms. The molecule has 0 unspecified atom stereocenters. The molecule has 0 heterocycles. The molecule has 0 atom stereocenters. The molecule has 0 aliphatic rings. The van der Waals surface area contributed by atoms with Crippen LogP contribution in [0.1, 0.15) is 11.1 Å². The molecule has 2 aromatic rings. The second kappa shape index (κ2) is 7.98. The first-order valence-corrected chi connectivity index (χ1v) is 7.66. The van der Waals surface area contributed by atoms with Gasteiger partial charge in [-0.15, -0.1) is 0 Å². The standard InChI is InChI=1S/C17H15Cl2N3O/c1-22(10-13-4-2-3-12(7-13)9-20)11-17(23)21-14-5-6-15(18)16(19)8-14/h2-8H,10-11H2,1H3,(H,21,23). The highest BCUT2D eigenvalue weighted by Crippen LogP contribution is 2.24. The minimum absolute atomic E-state index is 0.151. The lowest BCUT2D eigenvalue weighted by Gasteiger charge is -2.16. The number of hydrogen-bond acceptors (Lipinski definition) is 3. The van der Waals surface area contributed by atoms with E-state index in [1.165, 1.54) is 0 Å². The van der Waals surface area contributed by atoms with Gasteiger partial charge in [-0.05, 0) is 42.9 Å². The fraction of sp³-hybridized carbons (Fsp3) is 0.176. The maximum absolute atomic E-state index is 12.1. The van der Waals surface area contributed by atoms with Crippen LogP contribution in [0.5, 0.6) is 0 Å². The number of rotatable bonds is 5. The summed E-state index contributed by atoms with van der Waals surface area (Å²) in [5, 5.41) is 12.5. The molecule has 118 valence electrons. The molecule has 0 saturated carbocycles. The maximum atomic E-state index is 12.1. The van der Waals surface area contributed by atoms with E-state index in [1.807, 2.05) is 30.1 Å². The van der Waals surface area contributed by atoms with Gasteiger partial charge in [-0.25, -0.2) is 0 Å². The molecule has 23 heavy (non-hydrogen) atoms. The number of carbonyl (C=O) groups is 1. The number of carbonyl (C=O) groups excluding carboxylic acids is 1. The fourth-order valence-corrected chi connectivity index (χ4v) is 2.42. The smallest absolute Gasteiger partial charge is 0.238 e. The summed E-state index contributed by atoms with van der Waals surface area (Å²) in [5.41, 5.74) is 2.19. The van der Waals surface area contributed by atoms with Crippen LogP contribution in [0, 0.1) is 11.3 Å². The van der Waals surface area contributed by atoms with E-state index in [-0.39, 0.29) is 12.5 Å². The summed E-state index contributed by atoms with van der Waals surface area (Å²) in [7, 11) is 1.84. The third-order valence-electron chi connectivity index (χ3n) is 3.13. The lowest BCUT2D eigenvalue weighted by Crippen LogP contribution is -2.29. The van der Waals surface area contributed by atoms with E-state index in [9.17, 15) is 4.79 Å². The van der Waals surface area contributed by atoms with Crippen molar-refractivity contribution in [1.29, 1.82) is 5.26 Å². The summed E-state index contributed by atoms with van der Waals surface area (Å²) in [6.45, 7) is 0.793. The van der Waals surface area contributed by atoms with Gasteiger partial charge in [0.2, 0.25) is 5.91 Å². The van der Waals surface area contributed by atoms with E-state index < -0.39 is 0 Å². The van der Waals surface area contributed by atoms with Crippen LogP contribution in [-0.2, 0) is 11.3 Å². The number of anilines is 1. The number of hydrogen-bond donors (Lipinski definition) is 1. The van der Waals surface area contributed by atoms with Gasteiger partial charge in [0.25, 0.3) is 0 Å². The molecule has 1 N–H and O–H groups in total. The van der Waals surface area contributed by atoms with Gasteiger partial charge in [0.15, 0.2) is 0 Å². The molecule has 1 amide bonds. The Morgan fingerprint density at radius 1 is 1.22 bits per heavy atom. The summed E-state index contributed by atoms with van der Waals surface area (Å²) in [4.78, 5) is 13.9. The van der Waals surface area contributed by atoms with Crippen molar-refractivity contribution in [2.75, 3.05) is 18.9 Å². The average Bonchev–Trinajstić information content (AvgIpc) is 2.51. The Hall–Kier alpha value is -2.06. The van der Waals surface area contributed by atoms with Crippen molar-refractivity contribution in [3.05, 3.63) is 63.6 Å². The predicted octanol–water partition coefficient (Wildman–Crippen LogP) is 3.94. The zero-order valence-electron chi connectivity index (χ0n) is 12.5. The average molecular weight is 348 g/mol. The quantitative estimate of drug-likeness (QED) is 0.891. The molecule has 0 aromatic heterocycles. The summed E-state index contributed by atoms with van der Waals surface area (Å²) >= 11 is 11.8. The number of likely N-dealkylation sites (N-methyl/N-ethyl adjacent to an activating group) is 1. The zero-order valence-corrected chi connectivity index (χ0v) is 14.0. The number of nitriles is 1. The van der Waals surface area contributed by atoms with Crippen LogP contribution < -0.4 is 5.32 Å². The Balaban J connectivity index is 1.91. The molecule has 2 aromatic carbocycles. The number of nitrogens with one attached hydrogen (secondary N) is 1.